The van der Waals surface area contributed by atoms with Gasteiger partial charge in [-0.2, -0.15) is 0 Å². The molecule has 0 atom stereocenters. The fraction of sp³-hybridized carbons (Fsp3) is 0.208. The molecule has 5 nitrogen and oxygen atoms in total. The molecule has 0 spiro atoms. The summed E-state index contributed by atoms with van der Waals surface area (Å²) in [5.74, 6) is 2.72. The van der Waals surface area contributed by atoms with Crippen LogP contribution in [0.1, 0.15) is 23.9 Å². The van der Waals surface area contributed by atoms with Crippen LogP contribution in [-0.2, 0) is 12.8 Å². The third-order valence-electron chi connectivity index (χ3n) is 4.68. The summed E-state index contributed by atoms with van der Waals surface area (Å²) in [6, 6.07) is 22.6. The molecule has 4 aromatic rings. The van der Waals surface area contributed by atoms with E-state index in [-0.39, 0.29) is 0 Å². The number of aryl methyl sites for hydroxylation is 1. The first-order valence-electron chi connectivity index (χ1n) is 10.1. The van der Waals surface area contributed by atoms with Crippen molar-refractivity contribution in [2.24, 2.45) is 0 Å². The van der Waals surface area contributed by atoms with Gasteiger partial charge in [-0.15, -0.1) is 10.2 Å². The van der Waals surface area contributed by atoms with Crippen molar-refractivity contribution in [3.05, 3.63) is 96.1 Å². The number of pyridine rings is 1. The number of hydrogen-bond donors (Lipinski definition) is 0. The molecule has 2 aromatic carbocycles. The van der Waals surface area contributed by atoms with Crippen LogP contribution in [0, 0.1) is 0 Å². The fourth-order valence-corrected chi connectivity index (χ4v) is 4.17. The lowest BCUT2D eigenvalue weighted by Crippen LogP contribution is -2.04. The van der Waals surface area contributed by atoms with Gasteiger partial charge in [-0.05, 0) is 60.9 Å². The monoisotopic (exact) mass is 416 g/mol. The van der Waals surface area contributed by atoms with E-state index in [1.165, 1.54) is 11.1 Å². The van der Waals surface area contributed by atoms with E-state index in [0.717, 1.165) is 41.0 Å². The van der Waals surface area contributed by atoms with Gasteiger partial charge in [0.2, 0.25) is 0 Å². The van der Waals surface area contributed by atoms with Crippen LogP contribution in [-0.4, -0.2) is 32.1 Å². The highest BCUT2D eigenvalue weighted by atomic mass is 32.2. The van der Waals surface area contributed by atoms with Crippen LogP contribution in [0.4, 0.5) is 0 Å². The van der Waals surface area contributed by atoms with E-state index in [1.54, 1.807) is 11.8 Å². The molecule has 0 radical (unpaired) electrons. The molecule has 0 aliphatic heterocycles. The smallest absolute Gasteiger partial charge is 0.195 e. The third-order valence-corrected chi connectivity index (χ3v) is 5.61. The molecule has 0 N–H and O–H groups in total. The van der Waals surface area contributed by atoms with Crippen molar-refractivity contribution in [1.29, 1.82) is 0 Å². The zero-order valence-corrected chi connectivity index (χ0v) is 17.8. The van der Waals surface area contributed by atoms with E-state index in [4.69, 9.17) is 4.74 Å². The van der Waals surface area contributed by atoms with Crippen molar-refractivity contribution >= 4 is 11.8 Å². The van der Waals surface area contributed by atoms with Gasteiger partial charge < -0.3 is 4.74 Å². The summed E-state index contributed by atoms with van der Waals surface area (Å²) < 4.78 is 7.75. The minimum atomic E-state index is 0.654. The molecular formula is C24H24N4OS. The van der Waals surface area contributed by atoms with Gasteiger partial charge >= 0.3 is 0 Å². The molecule has 0 saturated carbocycles. The Kier molecular flexibility index (Phi) is 6.77. The normalized spacial score (nSPS) is 10.8. The van der Waals surface area contributed by atoms with Crippen LogP contribution in [0.2, 0.25) is 0 Å². The molecule has 0 aliphatic carbocycles. The topological polar surface area (TPSA) is 52.8 Å². The van der Waals surface area contributed by atoms with Crippen LogP contribution in [0.3, 0.4) is 0 Å². The van der Waals surface area contributed by atoms with Crippen LogP contribution in [0.15, 0.2) is 84.3 Å². The van der Waals surface area contributed by atoms with Gasteiger partial charge in [0, 0.05) is 30.3 Å². The van der Waals surface area contributed by atoms with Gasteiger partial charge in [0.25, 0.3) is 0 Å². The fourth-order valence-electron chi connectivity index (χ4n) is 3.21. The van der Waals surface area contributed by atoms with Gasteiger partial charge in [0.1, 0.15) is 11.6 Å². The summed E-state index contributed by atoms with van der Waals surface area (Å²) in [5, 5.41) is 9.94. The van der Waals surface area contributed by atoms with E-state index < -0.39 is 0 Å². The number of ether oxygens (including phenoxy) is 1. The largest absolute Gasteiger partial charge is 0.494 e. The van der Waals surface area contributed by atoms with Crippen molar-refractivity contribution in [2.45, 2.75) is 24.9 Å². The molecular weight excluding hydrogens is 392 g/mol. The third kappa shape index (κ3) is 5.07. The van der Waals surface area contributed by atoms with Crippen LogP contribution in [0.25, 0.3) is 5.69 Å². The first kappa shape index (κ1) is 20.2. The molecule has 0 bridgehead atoms. The van der Waals surface area contributed by atoms with E-state index >= 15 is 0 Å². The van der Waals surface area contributed by atoms with Gasteiger partial charge in [-0.3, -0.25) is 9.55 Å². The predicted octanol–water partition coefficient (Wildman–Crippen LogP) is 4.99. The zero-order chi connectivity index (χ0) is 20.6. The van der Waals surface area contributed by atoms with Crippen molar-refractivity contribution < 1.29 is 4.74 Å². The number of thioether (sulfide) groups is 1. The molecule has 0 aliphatic rings. The Morgan fingerprint density at radius 1 is 0.867 bits per heavy atom. The Hall–Kier alpha value is -3.12. The maximum absolute atomic E-state index is 5.60. The van der Waals surface area contributed by atoms with Crippen molar-refractivity contribution in [3.8, 4) is 11.4 Å². The second-order valence-corrected chi connectivity index (χ2v) is 7.84. The molecule has 152 valence electrons. The van der Waals surface area contributed by atoms with Gasteiger partial charge in [0.15, 0.2) is 5.16 Å². The highest BCUT2D eigenvalue weighted by molar-refractivity contribution is 7.99. The van der Waals surface area contributed by atoms with E-state index in [2.05, 4.69) is 68.3 Å². The van der Waals surface area contributed by atoms with E-state index in [0.29, 0.717) is 6.61 Å². The van der Waals surface area contributed by atoms with Crippen LogP contribution < -0.4 is 4.74 Å². The highest BCUT2D eigenvalue weighted by Gasteiger charge is 2.15. The summed E-state index contributed by atoms with van der Waals surface area (Å²) in [4.78, 5) is 4.09. The summed E-state index contributed by atoms with van der Waals surface area (Å²) >= 11 is 1.72. The van der Waals surface area contributed by atoms with Gasteiger partial charge in [-0.25, -0.2) is 0 Å². The summed E-state index contributed by atoms with van der Waals surface area (Å²) in [6.45, 7) is 2.64. The zero-order valence-electron chi connectivity index (χ0n) is 16.9. The first-order valence-corrected chi connectivity index (χ1v) is 11.0. The number of hydrogen-bond acceptors (Lipinski definition) is 5. The number of benzene rings is 2. The Labute approximate surface area is 181 Å². The first-order chi connectivity index (χ1) is 14.8. The van der Waals surface area contributed by atoms with Crippen LogP contribution >= 0.6 is 11.8 Å². The lowest BCUT2D eigenvalue weighted by molar-refractivity contribution is 0.340. The highest BCUT2D eigenvalue weighted by Crippen LogP contribution is 2.25. The van der Waals surface area contributed by atoms with Crippen molar-refractivity contribution in [2.75, 3.05) is 12.4 Å². The van der Waals surface area contributed by atoms with E-state index in [9.17, 15) is 0 Å². The molecule has 2 aromatic heterocycles. The lowest BCUT2D eigenvalue weighted by Gasteiger charge is -2.11. The average molecular weight is 417 g/mol. The SMILES string of the molecule is CCOc1ccc(-n2c(Cc3ccccc3)nnc2SCCc2ccncc2)cc1. The molecule has 4 rings (SSSR count). The Morgan fingerprint density at radius 2 is 1.63 bits per heavy atom. The number of aromatic nitrogens is 4. The Morgan fingerprint density at radius 3 is 2.37 bits per heavy atom. The molecule has 0 fully saturated rings. The maximum Gasteiger partial charge on any atom is 0.195 e. The summed E-state index contributed by atoms with van der Waals surface area (Å²) in [6.07, 6.45) is 5.35. The van der Waals surface area contributed by atoms with Crippen molar-refractivity contribution in [1.82, 2.24) is 19.7 Å². The lowest BCUT2D eigenvalue weighted by atomic mass is 10.1. The minimum Gasteiger partial charge on any atom is -0.494 e. The Balaban J connectivity index is 1.58. The average Bonchev–Trinajstić information content (AvgIpc) is 3.18. The quantitative estimate of drug-likeness (QED) is 0.360. The molecule has 30 heavy (non-hydrogen) atoms. The molecule has 0 amide bonds. The predicted molar refractivity (Wildman–Crippen MR) is 120 cm³/mol. The van der Waals surface area contributed by atoms with Gasteiger partial charge in [-0.1, -0.05) is 42.1 Å². The number of rotatable bonds is 9. The molecule has 0 unspecified atom stereocenters. The standard InChI is InChI=1S/C24H24N4OS/c1-2-29-22-10-8-21(9-11-22)28-23(18-20-6-4-3-5-7-20)26-27-24(28)30-17-14-19-12-15-25-16-13-19/h3-13,15-16H,2,14,17-18H2,1H3. The molecule has 6 heteroatoms. The summed E-state index contributed by atoms with van der Waals surface area (Å²) in [5.41, 5.74) is 3.53. The number of nitrogens with zero attached hydrogens (tertiary/aromatic N) is 4. The van der Waals surface area contributed by atoms with Crippen LogP contribution in [0.5, 0.6) is 5.75 Å². The molecule has 2 heterocycles. The molecule has 0 saturated heterocycles. The second kappa shape index (κ2) is 10.1. The summed E-state index contributed by atoms with van der Waals surface area (Å²) in [7, 11) is 0. The van der Waals surface area contributed by atoms with Crippen molar-refractivity contribution in [3.63, 3.8) is 0 Å². The Bertz CT molecular complexity index is 1050. The second-order valence-electron chi connectivity index (χ2n) is 6.78. The maximum atomic E-state index is 5.60. The minimum absolute atomic E-state index is 0.654. The van der Waals surface area contributed by atoms with Gasteiger partial charge in [0.05, 0.1) is 6.61 Å². The van der Waals surface area contributed by atoms with E-state index in [1.807, 2.05) is 37.5 Å².